The molecule has 0 fully saturated rings. The fourth-order valence-corrected chi connectivity index (χ4v) is 13.1. The number of allylic oxidation sites excluding steroid dienone is 4. The van der Waals surface area contributed by atoms with Gasteiger partial charge in [0.2, 0.25) is 0 Å². The zero-order valence-corrected chi connectivity index (χ0v) is 35.4. The molecule has 0 radical (unpaired) electrons. The summed E-state index contributed by atoms with van der Waals surface area (Å²) in [6.45, 7) is 9.52. The number of rotatable bonds is 2. The third-order valence-corrected chi connectivity index (χ3v) is 16.0. The Labute approximate surface area is 362 Å². The molecule has 294 valence electrons. The lowest BCUT2D eigenvalue weighted by Gasteiger charge is -2.36. The third kappa shape index (κ3) is 4.15. The Hall–Kier alpha value is -6.96. The lowest BCUT2D eigenvalue weighted by atomic mass is 9.65. The van der Waals surface area contributed by atoms with E-state index in [1.54, 1.807) is 0 Å². The van der Waals surface area contributed by atoms with Crippen molar-refractivity contribution in [1.29, 1.82) is 0 Å². The highest BCUT2D eigenvalue weighted by atomic mass is 16.3. The van der Waals surface area contributed by atoms with Gasteiger partial charge < -0.3 is 4.42 Å². The van der Waals surface area contributed by atoms with Crippen molar-refractivity contribution in [2.24, 2.45) is 5.92 Å². The highest BCUT2D eigenvalue weighted by molar-refractivity contribution is 6.07. The lowest BCUT2D eigenvalue weighted by Crippen LogP contribution is -2.33. The van der Waals surface area contributed by atoms with Gasteiger partial charge in [0.05, 0.1) is 5.41 Å². The second kappa shape index (κ2) is 11.7. The van der Waals surface area contributed by atoms with Gasteiger partial charge in [-0.05, 0) is 125 Å². The van der Waals surface area contributed by atoms with Crippen LogP contribution in [0.15, 0.2) is 186 Å². The Bertz CT molecular complexity index is 3390. The maximum absolute atomic E-state index is 6.93. The van der Waals surface area contributed by atoms with Crippen LogP contribution in [0.1, 0.15) is 78.1 Å². The van der Waals surface area contributed by atoms with E-state index in [1.165, 1.54) is 111 Å². The zero-order valence-electron chi connectivity index (χ0n) is 35.4. The molecule has 0 saturated heterocycles. The Morgan fingerprint density at radius 3 is 1.44 bits per heavy atom. The second-order valence-electron chi connectivity index (χ2n) is 19.5. The van der Waals surface area contributed by atoms with Crippen molar-refractivity contribution < 1.29 is 4.42 Å². The van der Waals surface area contributed by atoms with E-state index in [4.69, 9.17) is 4.42 Å². The normalized spacial score (nSPS) is 19.2. The molecule has 8 aromatic carbocycles. The van der Waals surface area contributed by atoms with Crippen LogP contribution in [-0.4, -0.2) is 0 Å². The van der Waals surface area contributed by atoms with E-state index in [0.717, 1.165) is 11.2 Å². The van der Waals surface area contributed by atoms with Crippen molar-refractivity contribution in [2.45, 2.75) is 49.9 Å². The molecule has 1 aromatic heterocycles. The van der Waals surface area contributed by atoms with Crippen LogP contribution in [0.5, 0.6) is 0 Å². The minimum absolute atomic E-state index is 0.0725. The summed E-state index contributed by atoms with van der Waals surface area (Å²) < 4.78 is 6.93. The van der Waals surface area contributed by atoms with E-state index in [9.17, 15) is 0 Å². The van der Waals surface area contributed by atoms with Gasteiger partial charge in [-0.15, -0.1) is 0 Å². The van der Waals surface area contributed by atoms with Gasteiger partial charge in [-0.25, -0.2) is 0 Å². The molecule has 1 nitrogen and oxygen atoms in total. The van der Waals surface area contributed by atoms with Crippen molar-refractivity contribution in [2.75, 3.05) is 0 Å². The molecular formula is C61H44O. The molecule has 9 aromatic rings. The van der Waals surface area contributed by atoms with Crippen LogP contribution in [0.2, 0.25) is 0 Å². The predicted octanol–water partition coefficient (Wildman–Crippen LogP) is 15.7. The fourth-order valence-electron chi connectivity index (χ4n) is 13.1. The summed E-state index contributed by atoms with van der Waals surface area (Å²) in [5, 5.41) is 2.38. The molecule has 62 heavy (non-hydrogen) atoms. The predicted molar refractivity (Wildman–Crippen MR) is 256 cm³/mol. The molecular weight excluding hydrogens is 749 g/mol. The summed E-state index contributed by atoms with van der Waals surface area (Å²) in [5.41, 5.74) is 25.6. The molecule has 5 aliphatic carbocycles. The molecule has 0 saturated carbocycles. The molecule has 1 spiro atoms. The van der Waals surface area contributed by atoms with Crippen molar-refractivity contribution in [3.8, 4) is 55.6 Å². The molecule has 0 aliphatic heterocycles. The molecule has 1 heterocycles. The Balaban J connectivity index is 1.01. The summed E-state index contributed by atoms with van der Waals surface area (Å²) in [6.07, 6.45) is 9.48. The molecule has 2 unspecified atom stereocenters. The molecule has 1 heteroatoms. The number of fused-ring (bicyclic) bond motifs is 20. The van der Waals surface area contributed by atoms with Crippen molar-refractivity contribution in [3.63, 3.8) is 0 Å². The fraction of sp³-hybridized carbons (Fsp3) is 0.148. The number of hydrogen-bond donors (Lipinski definition) is 0. The van der Waals surface area contributed by atoms with Crippen LogP contribution in [0.4, 0.5) is 0 Å². The van der Waals surface area contributed by atoms with Gasteiger partial charge in [0.1, 0.15) is 11.2 Å². The van der Waals surface area contributed by atoms with E-state index < -0.39 is 5.41 Å². The van der Waals surface area contributed by atoms with Crippen molar-refractivity contribution in [1.82, 2.24) is 0 Å². The smallest absolute Gasteiger partial charge is 0.139 e. The largest absolute Gasteiger partial charge is 0.456 e. The summed E-state index contributed by atoms with van der Waals surface area (Å²) in [4.78, 5) is 0. The van der Waals surface area contributed by atoms with Gasteiger partial charge >= 0.3 is 0 Å². The maximum Gasteiger partial charge on any atom is 0.139 e. The molecule has 0 bridgehead atoms. The third-order valence-electron chi connectivity index (χ3n) is 16.0. The maximum atomic E-state index is 6.93. The first-order chi connectivity index (χ1) is 30.2. The van der Waals surface area contributed by atoms with Gasteiger partial charge in [0.15, 0.2) is 0 Å². The van der Waals surface area contributed by atoms with Gasteiger partial charge in [-0.2, -0.15) is 0 Å². The quantitative estimate of drug-likeness (QED) is 0.170. The Morgan fingerprint density at radius 1 is 0.387 bits per heavy atom. The Morgan fingerprint density at radius 2 is 0.855 bits per heavy atom. The summed E-state index contributed by atoms with van der Waals surface area (Å²) >= 11 is 0. The van der Waals surface area contributed by atoms with Crippen LogP contribution in [0.3, 0.4) is 0 Å². The minimum atomic E-state index is -0.441. The lowest BCUT2D eigenvalue weighted by molar-refractivity contribution is 0.465. The van der Waals surface area contributed by atoms with Gasteiger partial charge in [0, 0.05) is 39.0 Å². The summed E-state index contributed by atoms with van der Waals surface area (Å²) in [6, 6.07) is 60.3. The van der Waals surface area contributed by atoms with E-state index in [0.29, 0.717) is 0 Å². The van der Waals surface area contributed by atoms with Gasteiger partial charge in [0.25, 0.3) is 0 Å². The summed E-state index contributed by atoms with van der Waals surface area (Å²) in [5.74, 6) is 0.317. The van der Waals surface area contributed by atoms with E-state index in [1.807, 2.05) is 0 Å². The highest BCUT2D eigenvalue weighted by Gasteiger charge is 2.58. The second-order valence-corrected chi connectivity index (χ2v) is 19.5. The van der Waals surface area contributed by atoms with E-state index in [2.05, 4.69) is 210 Å². The zero-order chi connectivity index (χ0) is 41.3. The van der Waals surface area contributed by atoms with Gasteiger partial charge in [-0.1, -0.05) is 179 Å². The first-order valence-electron chi connectivity index (χ1n) is 22.3. The van der Waals surface area contributed by atoms with Crippen LogP contribution in [-0.2, 0) is 16.2 Å². The van der Waals surface area contributed by atoms with Crippen molar-refractivity contribution >= 4 is 21.9 Å². The van der Waals surface area contributed by atoms with Crippen LogP contribution < -0.4 is 0 Å². The standard InChI is InChI=1S/C61H44O/c1-59(2)48-17-9-5-13-39(48)41-25-21-35(31-52(41)59)37-23-27-43-44-28-24-38(36-22-26-42-40-14-6-10-18-49(40)60(3,4)53(42)32-36)34-55(44)61(54(43)33-37)50-19-11-7-16-47(50)57-51(61)30-29-46-45-15-8-12-20-56(45)62-58(46)57/h5-34,47,50H,1-4H3. The van der Waals surface area contributed by atoms with Crippen LogP contribution in [0, 0.1) is 5.92 Å². The van der Waals surface area contributed by atoms with Crippen molar-refractivity contribution in [3.05, 3.63) is 227 Å². The molecule has 5 aliphatic rings. The number of furan rings is 1. The molecule has 14 rings (SSSR count). The molecule has 0 N–H and O–H groups in total. The molecule has 0 amide bonds. The van der Waals surface area contributed by atoms with Crippen LogP contribution >= 0.6 is 0 Å². The average Bonchev–Trinajstić information content (AvgIpc) is 4.05. The highest BCUT2D eigenvalue weighted by Crippen LogP contribution is 2.67. The average molecular weight is 793 g/mol. The monoisotopic (exact) mass is 792 g/mol. The topological polar surface area (TPSA) is 13.1 Å². The minimum Gasteiger partial charge on any atom is -0.456 e. The van der Waals surface area contributed by atoms with Crippen LogP contribution in [0.25, 0.3) is 77.6 Å². The van der Waals surface area contributed by atoms with E-state index in [-0.39, 0.29) is 22.7 Å². The van der Waals surface area contributed by atoms with E-state index >= 15 is 0 Å². The number of benzene rings is 8. The first-order valence-corrected chi connectivity index (χ1v) is 22.3. The number of hydrogen-bond acceptors (Lipinski definition) is 1. The molecule has 2 atom stereocenters. The van der Waals surface area contributed by atoms with Gasteiger partial charge in [-0.3, -0.25) is 0 Å². The number of para-hydroxylation sites is 1. The SMILES string of the molecule is CC1(C)c2ccccc2-c2ccc(-c3ccc4c(c3)C3(c5cc(-c6ccc7c(c6)C(C)(C)c6ccccc6-7)ccc5-4)c4ccc5c(oc6ccccc65)c4C4C=CC=CC43)cc21. The Kier molecular flexibility index (Phi) is 6.55. The summed E-state index contributed by atoms with van der Waals surface area (Å²) in [7, 11) is 0. The first kappa shape index (κ1) is 34.7.